The Balaban J connectivity index is 0.000000741. The molecule has 0 aromatic heterocycles. The number of benzene rings is 1. The Hall–Kier alpha value is -1.22. The van der Waals surface area contributed by atoms with Crippen molar-refractivity contribution in [2.75, 3.05) is 30.8 Å². The first-order valence-electron chi connectivity index (χ1n) is 7.63. The summed E-state index contributed by atoms with van der Waals surface area (Å²) in [7, 11) is 1.94. The van der Waals surface area contributed by atoms with E-state index in [0.717, 1.165) is 18.8 Å². The molecule has 1 aliphatic heterocycles. The third kappa shape index (κ3) is 7.06. The van der Waals surface area contributed by atoms with Crippen LogP contribution in [0.1, 0.15) is 40.5 Å². The van der Waals surface area contributed by atoms with Crippen LogP contribution in [0.5, 0.6) is 0 Å². The molecule has 0 spiro atoms. The SMILES string of the molecule is CC.CC.CNc1ccc(NC2CCNCC2)cc1. The number of rotatable bonds is 3. The molecule has 0 amide bonds. The lowest BCUT2D eigenvalue weighted by molar-refractivity contribution is 0.479. The lowest BCUT2D eigenvalue weighted by atomic mass is 10.1. The largest absolute Gasteiger partial charge is 0.388 e. The van der Waals surface area contributed by atoms with Crippen molar-refractivity contribution in [1.29, 1.82) is 0 Å². The summed E-state index contributed by atoms with van der Waals surface area (Å²) in [6.45, 7) is 10.3. The monoisotopic (exact) mass is 265 g/mol. The van der Waals surface area contributed by atoms with Crippen molar-refractivity contribution in [3.8, 4) is 0 Å². The molecule has 1 aromatic rings. The molecule has 0 unspecified atom stereocenters. The molecule has 0 aliphatic carbocycles. The van der Waals surface area contributed by atoms with Crippen LogP contribution in [0.2, 0.25) is 0 Å². The van der Waals surface area contributed by atoms with Crippen molar-refractivity contribution in [3.05, 3.63) is 24.3 Å². The molecule has 0 saturated carbocycles. The van der Waals surface area contributed by atoms with Crippen molar-refractivity contribution in [3.63, 3.8) is 0 Å². The second-order valence-corrected chi connectivity index (χ2v) is 4.00. The van der Waals surface area contributed by atoms with Gasteiger partial charge in [-0.3, -0.25) is 0 Å². The third-order valence-electron chi connectivity index (χ3n) is 2.88. The number of hydrogen-bond donors (Lipinski definition) is 3. The molecular formula is C16H31N3. The summed E-state index contributed by atoms with van der Waals surface area (Å²) in [5.74, 6) is 0. The molecule has 110 valence electrons. The summed E-state index contributed by atoms with van der Waals surface area (Å²) in [4.78, 5) is 0. The van der Waals surface area contributed by atoms with E-state index in [2.05, 4.69) is 40.2 Å². The number of piperidine rings is 1. The minimum Gasteiger partial charge on any atom is -0.388 e. The predicted molar refractivity (Wildman–Crippen MR) is 88.2 cm³/mol. The Morgan fingerprint density at radius 1 is 0.895 bits per heavy atom. The average Bonchev–Trinajstić information content (AvgIpc) is 2.53. The summed E-state index contributed by atoms with van der Waals surface area (Å²) in [6, 6.07) is 9.10. The zero-order valence-electron chi connectivity index (χ0n) is 13.2. The lowest BCUT2D eigenvalue weighted by Gasteiger charge is -2.24. The molecule has 3 N–H and O–H groups in total. The molecule has 1 saturated heterocycles. The van der Waals surface area contributed by atoms with E-state index in [9.17, 15) is 0 Å². The summed E-state index contributed by atoms with van der Waals surface area (Å²) >= 11 is 0. The van der Waals surface area contributed by atoms with Crippen LogP contribution in [0.25, 0.3) is 0 Å². The summed E-state index contributed by atoms with van der Waals surface area (Å²) in [5, 5.41) is 10.1. The van der Waals surface area contributed by atoms with E-state index in [1.807, 2.05) is 34.7 Å². The van der Waals surface area contributed by atoms with Crippen molar-refractivity contribution in [1.82, 2.24) is 5.32 Å². The highest BCUT2D eigenvalue weighted by Crippen LogP contribution is 2.16. The minimum atomic E-state index is 0.631. The van der Waals surface area contributed by atoms with Crippen LogP contribution in [-0.4, -0.2) is 26.2 Å². The molecule has 3 heteroatoms. The fourth-order valence-electron chi connectivity index (χ4n) is 1.94. The van der Waals surface area contributed by atoms with Gasteiger partial charge in [0.1, 0.15) is 0 Å². The fourth-order valence-corrected chi connectivity index (χ4v) is 1.94. The average molecular weight is 265 g/mol. The lowest BCUT2D eigenvalue weighted by Crippen LogP contribution is -2.35. The highest BCUT2D eigenvalue weighted by molar-refractivity contribution is 5.53. The Kier molecular flexibility index (Phi) is 11.1. The van der Waals surface area contributed by atoms with Gasteiger partial charge in [-0.2, -0.15) is 0 Å². The highest BCUT2D eigenvalue weighted by atomic mass is 15.0. The van der Waals surface area contributed by atoms with Crippen LogP contribution in [0.4, 0.5) is 11.4 Å². The standard InChI is InChI=1S/C12H19N3.2C2H6/c1-13-10-2-4-11(5-3-10)15-12-6-8-14-9-7-12;2*1-2/h2-5,12-15H,6-9H2,1H3;2*1-2H3. The van der Waals surface area contributed by atoms with E-state index in [0.29, 0.717) is 6.04 Å². The van der Waals surface area contributed by atoms with Crippen molar-refractivity contribution in [2.24, 2.45) is 0 Å². The van der Waals surface area contributed by atoms with Crippen LogP contribution in [0, 0.1) is 0 Å². The molecule has 1 aliphatic rings. The third-order valence-corrected chi connectivity index (χ3v) is 2.88. The quantitative estimate of drug-likeness (QED) is 0.774. The molecule has 2 rings (SSSR count). The Labute approximate surface area is 119 Å². The van der Waals surface area contributed by atoms with E-state index in [1.165, 1.54) is 18.5 Å². The maximum Gasteiger partial charge on any atom is 0.0343 e. The molecule has 0 bridgehead atoms. The minimum absolute atomic E-state index is 0.631. The number of hydrogen-bond acceptors (Lipinski definition) is 3. The zero-order chi connectivity index (χ0) is 14.5. The van der Waals surface area contributed by atoms with Gasteiger partial charge in [-0.15, -0.1) is 0 Å². The number of anilines is 2. The summed E-state index contributed by atoms with van der Waals surface area (Å²) in [6.07, 6.45) is 2.43. The van der Waals surface area contributed by atoms with E-state index >= 15 is 0 Å². The highest BCUT2D eigenvalue weighted by Gasteiger charge is 2.11. The second-order valence-electron chi connectivity index (χ2n) is 4.00. The Morgan fingerprint density at radius 3 is 1.84 bits per heavy atom. The molecule has 1 heterocycles. The van der Waals surface area contributed by atoms with Gasteiger partial charge in [-0.1, -0.05) is 27.7 Å². The van der Waals surface area contributed by atoms with Gasteiger partial charge < -0.3 is 16.0 Å². The topological polar surface area (TPSA) is 36.1 Å². The first kappa shape index (κ1) is 17.8. The van der Waals surface area contributed by atoms with Crippen LogP contribution in [0.15, 0.2) is 24.3 Å². The van der Waals surface area contributed by atoms with E-state index in [-0.39, 0.29) is 0 Å². The van der Waals surface area contributed by atoms with Gasteiger partial charge in [-0.05, 0) is 50.2 Å². The normalized spacial score (nSPS) is 14.4. The fraction of sp³-hybridized carbons (Fsp3) is 0.625. The number of nitrogens with one attached hydrogen (secondary N) is 3. The molecular weight excluding hydrogens is 234 g/mol. The zero-order valence-corrected chi connectivity index (χ0v) is 13.2. The van der Waals surface area contributed by atoms with Crippen LogP contribution in [-0.2, 0) is 0 Å². The van der Waals surface area contributed by atoms with Gasteiger partial charge in [-0.25, -0.2) is 0 Å². The second kappa shape index (κ2) is 11.8. The maximum atomic E-state index is 3.56. The van der Waals surface area contributed by atoms with E-state index < -0.39 is 0 Å². The molecule has 0 radical (unpaired) electrons. The first-order valence-corrected chi connectivity index (χ1v) is 7.63. The molecule has 1 fully saturated rings. The van der Waals surface area contributed by atoms with Crippen molar-refractivity contribution < 1.29 is 0 Å². The molecule has 0 atom stereocenters. The molecule has 3 nitrogen and oxygen atoms in total. The Morgan fingerprint density at radius 2 is 1.37 bits per heavy atom. The summed E-state index contributed by atoms with van der Waals surface area (Å²) < 4.78 is 0. The smallest absolute Gasteiger partial charge is 0.0343 e. The van der Waals surface area contributed by atoms with Gasteiger partial charge in [0.05, 0.1) is 0 Å². The van der Waals surface area contributed by atoms with Gasteiger partial charge >= 0.3 is 0 Å². The van der Waals surface area contributed by atoms with Gasteiger partial charge in [0.25, 0.3) is 0 Å². The van der Waals surface area contributed by atoms with Crippen LogP contribution >= 0.6 is 0 Å². The summed E-state index contributed by atoms with van der Waals surface area (Å²) in [5.41, 5.74) is 2.38. The van der Waals surface area contributed by atoms with Crippen molar-refractivity contribution in [2.45, 2.75) is 46.6 Å². The molecule has 19 heavy (non-hydrogen) atoms. The first-order chi connectivity index (χ1) is 9.38. The Bertz CT molecular complexity index is 289. The van der Waals surface area contributed by atoms with Gasteiger partial charge in [0.2, 0.25) is 0 Å². The van der Waals surface area contributed by atoms with Crippen molar-refractivity contribution >= 4 is 11.4 Å². The van der Waals surface area contributed by atoms with Gasteiger partial charge in [0.15, 0.2) is 0 Å². The van der Waals surface area contributed by atoms with Crippen LogP contribution < -0.4 is 16.0 Å². The van der Waals surface area contributed by atoms with Crippen LogP contribution in [0.3, 0.4) is 0 Å². The predicted octanol–water partition coefficient (Wildman–Crippen LogP) is 3.94. The maximum absolute atomic E-state index is 3.56. The van der Waals surface area contributed by atoms with E-state index in [4.69, 9.17) is 0 Å². The van der Waals surface area contributed by atoms with E-state index in [1.54, 1.807) is 0 Å². The molecule has 1 aromatic carbocycles. The van der Waals surface area contributed by atoms with Gasteiger partial charge in [0, 0.05) is 24.5 Å².